The van der Waals surface area contributed by atoms with Crippen LogP contribution in [0.5, 0.6) is 0 Å². The molecule has 3 aromatic rings. The van der Waals surface area contributed by atoms with E-state index < -0.39 is 11.9 Å². The Hall–Kier alpha value is -2.95. The van der Waals surface area contributed by atoms with Crippen LogP contribution in [0.1, 0.15) is 18.5 Å². The molecule has 0 radical (unpaired) electrons. The number of nitrogens with zero attached hydrogens (tertiary/aromatic N) is 3. The molecule has 114 valence electrons. The molecule has 4 rings (SSSR count). The summed E-state index contributed by atoms with van der Waals surface area (Å²) in [7, 11) is 0. The van der Waals surface area contributed by atoms with E-state index in [1.165, 1.54) is 0 Å². The number of aliphatic imine (C=N–C) groups is 1. The molecule has 0 fully saturated rings. The van der Waals surface area contributed by atoms with Crippen LogP contribution in [0, 0.1) is 5.92 Å². The van der Waals surface area contributed by atoms with Gasteiger partial charge in [0.15, 0.2) is 0 Å². The fourth-order valence-electron chi connectivity index (χ4n) is 3.38. The van der Waals surface area contributed by atoms with E-state index >= 15 is 0 Å². The van der Waals surface area contributed by atoms with E-state index in [-0.39, 0.29) is 6.04 Å². The summed E-state index contributed by atoms with van der Waals surface area (Å²) < 4.78 is 1.85. The number of carboxylic acids is 1. The van der Waals surface area contributed by atoms with E-state index in [0.717, 1.165) is 16.3 Å². The molecule has 0 bridgehead atoms. The van der Waals surface area contributed by atoms with Gasteiger partial charge in [0, 0.05) is 18.1 Å². The molecule has 0 amide bonds. The second kappa shape index (κ2) is 5.05. The normalized spacial score (nSPS) is 20.1. The number of fused-ring (bicyclic) bond motifs is 2. The first kappa shape index (κ1) is 13.7. The number of aromatic nitrogens is 2. The summed E-state index contributed by atoms with van der Waals surface area (Å²) in [5, 5.41) is 11.9. The number of carboxylic acid groups (broad SMARTS) is 1. The second-order valence-electron chi connectivity index (χ2n) is 5.72. The molecule has 0 saturated carbocycles. The number of aliphatic carboxylic acids is 1. The largest absolute Gasteiger partial charge is 0.481 e. The summed E-state index contributed by atoms with van der Waals surface area (Å²) in [6.07, 6.45) is 3.46. The highest BCUT2D eigenvalue weighted by molar-refractivity contribution is 6.03. The molecule has 1 N–H and O–H groups in total. The quantitative estimate of drug-likeness (QED) is 0.788. The zero-order valence-electron chi connectivity index (χ0n) is 12.5. The fraction of sp³-hybridized carbons (Fsp3) is 0.167. The molecule has 5 heteroatoms. The first-order valence-corrected chi connectivity index (χ1v) is 7.45. The molecule has 0 spiro atoms. The van der Waals surface area contributed by atoms with Crippen LogP contribution in [0.15, 0.2) is 59.9 Å². The first-order valence-electron chi connectivity index (χ1n) is 7.45. The predicted molar refractivity (Wildman–Crippen MR) is 88.2 cm³/mol. The van der Waals surface area contributed by atoms with Gasteiger partial charge in [-0.3, -0.25) is 4.79 Å². The van der Waals surface area contributed by atoms with Crippen molar-refractivity contribution in [2.45, 2.75) is 13.0 Å². The minimum Gasteiger partial charge on any atom is -0.481 e. The third-order valence-electron chi connectivity index (χ3n) is 4.40. The Morgan fingerprint density at radius 2 is 1.96 bits per heavy atom. The third-order valence-corrected chi connectivity index (χ3v) is 4.40. The second-order valence-corrected chi connectivity index (χ2v) is 5.72. The van der Waals surface area contributed by atoms with Gasteiger partial charge in [0.05, 0.1) is 6.04 Å². The predicted octanol–water partition coefficient (Wildman–Crippen LogP) is 3.43. The molecule has 1 aromatic heterocycles. The van der Waals surface area contributed by atoms with Crippen LogP contribution in [0.3, 0.4) is 0 Å². The molecule has 5 nitrogen and oxygen atoms in total. The average Bonchev–Trinajstić information content (AvgIpc) is 3.00. The number of hydrogen-bond donors (Lipinski definition) is 1. The maximum Gasteiger partial charge on any atom is 0.314 e. The molecule has 1 aliphatic rings. The van der Waals surface area contributed by atoms with Gasteiger partial charge in [0.1, 0.15) is 5.92 Å². The van der Waals surface area contributed by atoms with Gasteiger partial charge in [0.25, 0.3) is 0 Å². The van der Waals surface area contributed by atoms with Crippen molar-refractivity contribution >= 4 is 28.4 Å². The summed E-state index contributed by atoms with van der Waals surface area (Å²) in [6.45, 7) is 1.76. The number of rotatable bonds is 2. The molecule has 2 aromatic carbocycles. The zero-order valence-corrected chi connectivity index (χ0v) is 12.5. The molecule has 0 saturated heterocycles. The Labute approximate surface area is 132 Å². The van der Waals surface area contributed by atoms with Crippen molar-refractivity contribution in [1.29, 1.82) is 0 Å². The number of carbonyl (C=O) groups is 1. The maximum absolute atomic E-state index is 11.9. The molecule has 2 atom stereocenters. The van der Waals surface area contributed by atoms with Crippen molar-refractivity contribution in [1.82, 2.24) is 9.55 Å². The zero-order chi connectivity index (χ0) is 16.0. The van der Waals surface area contributed by atoms with Crippen LogP contribution < -0.4 is 0 Å². The lowest BCUT2D eigenvalue weighted by molar-refractivity contribution is -0.140. The van der Waals surface area contributed by atoms with Crippen molar-refractivity contribution in [3.63, 3.8) is 0 Å². The highest BCUT2D eigenvalue weighted by atomic mass is 16.4. The molecular formula is C18H15N3O2. The van der Waals surface area contributed by atoms with Crippen molar-refractivity contribution in [2.75, 3.05) is 0 Å². The van der Waals surface area contributed by atoms with Crippen molar-refractivity contribution in [3.8, 4) is 0 Å². The van der Waals surface area contributed by atoms with Crippen LogP contribution in [-0.2, 0) is 4.79 Å². The van der Waals surface area contributed by atoms with Crippen molar-refractivity contribution in [3.05, 3.63) is 60.4 Å². The van der Waals surface area contributed by atoms with E-state index in [1.807, 2.05) is 47.0 Å². The lowest BCUT2D eigenvalue weighted by atomic mass is 9.86. The Balaban J connectivity index is 2.01. The molecule has 1 aliphatic heterocycles. The van der Waals surface area contributed by atoms with Gasteiger partial charge in [-0.2, -0.15) is 0 Å². The molecule has 2 heterocycles. The van der Waals surface area contributed by atoms with Gasteiger partial charge >= 0.3 is 5.97 Å². The minimum atomic E-state index is -0.872. The van der Waals surface area contributed by atoms with Crippen molar-refractivity contribution in [2.24, 2.45) is 10.9 Å². The lowest BCUT2D eigenvalue weighted by Crippen LogP contribution is -2.35. The lowest BCUT2D eigenvalue weighted by Gasteiger charge is -2.30. The third kappa shape index (κ3) is 2.04. The van der Waals surface area contributed by atoms with Gasteiger partial charge in [-0.1, -0.05) is 42.5 Å². The van der Waals surface area contributed by atoms with Gasteiger partial charge in [-0.05, 0) is 23.3 Å². The van der Waals surface area contributed by atoms with Crippen LogP contribution in [0.25, 0.3) is 10.8 Å². The molecule has 2 unspecified atom stereocenters. The van der Waals surface area contributed by atoms with Crippen molar-refractivity contribution < 1.29 is 9.90 Å². The minimum absolute atomic E-state index is 0.353. The summed E-state index contributed by atoms with van der Waals surface area (Å²) in [4.78, 5) is 20.5. The Morgan fingerprint density at radius 1 is 1.17 bits per heavy atom. The van der Waals surface area contributed by atoms with Crippen LogP contribution in [0.4, 0.5) is 5.95 Å². The maximum atomic E-state index is 11.9. The number of hydrogen-bond acceptors (Lipinski definition) is 3. The van der Waals surface area contributed by atoms with Gasteiger partial charge in [-0.15, -0.1) is 0 Å². The fourth-order valence-corrected chi connectivity index (χ4v) is 3.38. The summed E-state index contributed by atoms with van der Waals surface area (Å²) in [5.74, 6) is -1.02. The van der Waals surface area contributed by atoms with E-state index in [4.69, 9.17) is 0 Å². The van der Waals surface area contributed by atoms with Gasteiger partial charge in [-0.25, -0.2) is 9.98 Å². The summed E-state index contributed by atoms with van der Waals surface area (Å²) >= 11 is 0. The van der Waals surface area contributed by atoms with E-state index in [0.29, 0.717) is 11.7 Å². The van der Waals surface area contributed by atoms with E-state index in [2.05, 4.69) is 9.98 Å². The van der Waals surface area contributed by atoms with Crippen LogP contribution >= 0.6 is 0 Å². The van der Waals surface area contributed by atoms with Gasteiger partial charge < -0.3 is 9.67 Å². The monoisotopic (exact) mass is 305 g/mol. The first-order chi connectivity index (χ1) is 11.2. The van der Waals surface area contributed by atoms with E-state index in [1.54, 1.807) is 19.3 Å². The summed E-state index contributed by atoms with van der Waals surface area (Å²) in [5.41, 5.74) is 1.55. The highest BCUT2D eigenvalue weighted by Gasteiger charge is 2.38. The highest BCUT2D eigenvalue weighted by Crippen LogP contribution is 2.38. The standard InChI is InChI=1S/C18H15N3O2/c1-11-15(17(22)23)16(21-10-9-19-18(21)20-11)14-8-4-6-12-5-2-3-7-13(12)14/h2-10,15-16H,1H3,(H,22,23). The van der Waals surface area contributed by atoms with Crippen LogP contribution in [-0.4, -0.2) is 26.3 Å². The van der Waals surface area contributed by atoms with Crippen LogP contribution in [0.2, 0.25) is 0 Å². The average molecular weight is 305 g/mol. The molecular weight excluding hydrogens is 290 g/mol. The number of imidazole rings is 1. The Bertz CT molecular complexity index is 937. The smallest absolute Gasteiger partial charge is 0.314 e. The SMILES string of the molecule is CC1=Nc2nccn2C(c2cccc3ccccc23)C1C(=O)O. The summed E-state index contributed by atoms with van der Waals surface area (Å²) in [6, 6.07) is 13.7. The Morgan fingerprint density at radius 3 is 2.78 bits per heavy atom. The number of benzene rings is 2. The van der Waals surface area contributed by atoms with E-state index in [9.17, 15) is 9.90 Å². The molecule has 23 heavy (non-hydrogen) atoms. The topological polar surface area (TPSA) is 67.5 Å². The van der Waals surface area contributed by atoms with Gasteiger partial charge in [0.2, 0.25) is 5.95 Å². The molecule has 0 aliphatic carbocycles. The Kier molecular flexibility index (Phi) is 3.01.